The second-order valence-corrected chi connectivity index (χ2v) is 4.64. The number of hydrogen-bond acceptors (Lipinski definition) is 3. The Labute approximate surface area is 113 Å². The van der Waals surface area contributed by atoms with Crippen molar-refractivity contribution in [3.8, 4) is 0 Å². The van der Waals surface area contributed by atoms with Crippen molar-refractivity contribution in [1.29, 1.82) is 0 Å². The first-order chi connectivity index (χ1) is 9.19. The summed E-state index contributed by atoms with van der Waals surface area (Å²) in [5.74, 6) is 0.0238. The summed E-state index contributed by atoms with van der Waals surface area (Å²) in [5, 5.41) is 3.89. The Bertz CT molecular complexity index is 581. The average Bonchev–Trinajstić information content (AvgIpc) is 2.39. The lowest BCUT2D eigenvalue weighted by Gasteiger charge is -2.05. The number of hydrogen-bond donors (Lipinski definition) is 2. The maximum Gasteiger partial charge on any atom is 0.226 e. The van der Waals surface area contributed by atoms with Crippen LogP contribution >= 0.6 is 0 Å². The van der Waals surface area contributed by atoms with Crippen molar-refractivity contribution in [1.82, 2.24) is 10.3 Å². The van der Waals surface area contributed by atoms with Gasteiger partial charge in [0.2, 0.25) is 5.91 Å². The highest BCUT2D eigenvalue weighted by Gasteiger charge is 2.05. The van der Waals surface area contributed by atoms with Gasteiger partial charge in [-0.25, -0.2) is 0 Å². The average molecular weight is 257 g/mol. The molecule has 2 rings (SSSR count). The van der Waals surface area contributed by atoms with Gasteiger partial charge in [-0.15, -0.1) is 0 Å². The summed E-state index contributed by atoms with van der Waals surface area (Å²) in [6.45, 7) is 2.84. The molecular weight excluding hydrogens is 238 g/mol. The molecule has 0 radical (unpaired) electrons. The smallest absolute Gasteiger partial charge is 0.226 e. The first-order valence-electron chi connectivity index (χ1n) is 6.61. The van der Waals surface area contributed by atoms with E-state index in [2.05, 4.69) is 17.2 Å². The SMILES string of the molecule is CCCCNC(=O)Cc1ccc2cc(N)ccc2n1. The molecule has 1 aromatic carbocycles. The van der Waals surface area contributed by atoms with Crippen LogP contribution in [0, 0.1) is 0 Å². The third-order valence-corrected chi connectivity index (χ3v) is 2.97. The van der Waals surface area contributed by atoms with Gasteiger partial charge >= 0.3 is 0 Å². The third kappa shape index (κ3) is 3.68. The molecule has 0 fully saturated rings. The summed E-state index contributed by atoms with van der Waals surface area (Å²) in [7, 11) is 0. The number of benzene rings is 1. The van der Waals surface area contributed by atoms with Crippen LogP contribution in [0.3, 0.4) is 0 Å². The number of nitrogens with one attached hydrogen (secondary N) is 1. The molecule has 0 aliphatic rings. The van der Waals surface area contributed by atoms with E-state index in [1.54, 1.807) is 0 Å². The molecule has 0 saturated heterocycles. The lowest BCUT2D eigenvalue weighted by molar-refractivity contribution is -0.120. The first-order valence-corrected chi connectivity index (χ1v) is 6.61. The van der Waals surface area contributed by atoms with Gasteiger partial charge in [-0.1, -0.05) is 19.4 Å². The Morgan fingerprint density at radius 3 is 2.95 bits per heavy atom. The summed E-state index contributed by atoms with van der Waals surface area (Å²) in [4.78, 5) is 16.2. The van der Waals surface area contributed by atoms with E-state index in [9.17, 15) is 4.79 Å². The minimum absolute atomic E-state index is 0.0238. The Balaban J connectivity index is 2.05. The van der Waals surface area contributed by atoms with E-state index >= 15 is 0 Å². The molecule has 4 heteroatoms. The monoisotopic (exact) mass is 257 g/mol. The van der Waals surface area contributed by atoms with E-state index in [1.807, 2.05) is 30.3 Å². The molecule has 0 spiro atoms. The van der Waals surface area contributed by atoms with E-state index in [0.29, 0.717) is 6.42 Å². The molecule has 0 aliphatic carbocycles. The van der Waals surface area contributed by atoms with Gasteiger partial charge in [0.25, 0.3) is 0 Å². The standard InChI is InChI=1S/C15H19N3O/c1-2-3-8-17-15(19)10-13-6-4-11-9-12(16)5-7-14(11)18-13/h4-7,9H,2-3,8,10,16H2,1H3,(H,17,19). The zero-order chi connectivity index (χ0) is 13.7. The normalized spacial score (nSPS) is 10.6. The van der Waals surface area contributed by atoms with Crippen molar-refractivity contribution < 1.29 is 4.79 Å². The number of pyridine rings is 1. The molecule has 1 heterocycles. The number of nitrogen functional groups attached to an aromatic ring is 1. The van der Waals surface area contributed by atoms with Crippen LogP contribution in [0.1, 0.15) is 25.5 Å². The molecule has 0 aliphatic heterocycles. The highest BCUT2D eigenvalue weighted by Crippen LogP contribution is 2.16. The summed E-state index contributed by atoms with van der Waals surface area (Å²) in [5.41, 5.74) is 8.09. The van der Waals surface area contributed by atoms with Gasteiger partial charge in [0.05, 0.1) is 17.6 Å². The number of nitrogens with zero attached hydrogens (tertiary/aromatic N) is 1. The topological polar surface area (TPSA) is 68.0 Å². The van der Waals surface area contributed by atoms with Crippen molar-refractivity contribution in [2.45, 2.75) is 26.2 Å². The second-order valence-electron chi connectivity index (χ2n) is 4.64. The Kier molecular flexibility index (Phi) is 4.34. The number of anilines is 1. The van der Waals surface area contributed by atoms with Crippen LogP contribution in [-0.4, -0.2) is 17.4 Å². The van der Waals surface area contributed by atoms with Gasteiger partial charge in [0.15, 0.2) is 0 Å². The second kappa shape index (κ2) is 6.18. The minimum atomic E-state index is 0.0238. The van der Waals surface area contributed by atoms with Crippen LogP contribution in [0.25, 0.3) is 10.9 Å². The van der Waals surface area contributed by atoms with E-state index in [-0.39, 0.29) is 5.91 Å². The Hall–Kier alpha value is -2.10. The van der Waals surface area contributed by atoms with Crippen LogP contribution in [0.2, 0.25) is 0 Å². The molecular formula is C15H19N3O. The highest BCUT2D eigenvalue weighted by molar-refractivity contribution is 5.83. The molecule has 19 heavy (non-hydrogen) atoms. The quantitative estimate of drug-likeness (QED) is 0.638. The highest BCUT2D eigenvalue weighted by atomic mass is 16.1. The maximum absolute atomic E-state index is 11.7. The fourth-order valence-electron chi connectivity index (χ4n) is 1.92. The molecule has 0 atom stereocenters. The molecule has 2 aromatic rings. The summed E-state index contributed by atoms with van der Waals surface area (Å²) < 4.78 is 0. The van der Waals surface area contributed by atoms with Gasteiger partial charge in [-0.05, 0) is 30.7 Å². The zero-order valence-corrected chi connectivity index (χ0v) is 11.1. The van der Waals surface area contributed by atoms with Crippen LogP contribution in [0.5, 0.6) is 0 Å². The number of carbonyl (C=O) groups is 1. The van der Waals surface area contributed by atoms with E-state index in [0.717, 1.165) is 41.7 Å². The molecule has 100 valence electrons. The number of rotatable bonds is 5. The van der Waals surface area contributed by atoms with Crippen molar-refractivity contribution in [2.75, 3.05) is 12.3 Å². The van der Waals surface area contributed by atoms with Gasteiger partial charge in [0, 0.05) is 17.6 Å². The van der Waals surface area contributed by atoms with Gasteiger partial charge in [-0.2, -0.15) is 0 Å². The fourth-order valence-corrected chi connectivity index (χ4v) is 1.92. The zero-order valence-electron chi connectivity index (χ0n) is 11.1. The van der Waals surface area contributed by atoms with Crippen molar-refractivity contribution in [3.63, 3.8) is 0 Å². The molecule has 1 aromatic heterocycles. The molecule has 3 N–H and O–H groups in total. The van der Waals surface area contributed by atoms with Crippen molar-refractivity contribution in [3.05, 3.63) is 36.0 Å². The predicted molar refractivity (Wildman–Crippen MR) is 77.8 cm³/mol. The summed E-state index contributed by atoms with van der Waals surface area (Å²) >= 11 is 0. The fraction of sp³-hybridized carbons (Fsp3) is 0.333. The molecule has 0 unspecified atom stereocenters. The van der Waals surface area contributed by atoms with Crippen molar-refractivity contribution >= 4 is 22.5 Å². The number of fused-ring (bicyclic) bond motifs is 1. The van der Waals surface area contributed by atoms with E-state index in [1.165, 1.54) is 0 Å². The number of carbonyl (C=O) groups excluding carboxylic acids is 1. The lowest BCUT2D eigenvalue weighted by Crippen LogP contribution is -2.26. The van der Waals surface area contributed by atoms with Gasteiger partial charge < -0.3 is 11.1 Å². The van der Waals surface area contributed by atoms with Crippen LogP contribution in [0.15, 0.2) is 30.3 Å². The lowest BCUT2D eigenvalue weighted by atomic mass is 10.1. The largest absolute Gasteiger partial charge is 0.399 e. The molecule has 0 bridgehead atoms. The maximum atomic E-state index is 11.7. The van der Waals surface area contributed by atoms with E-state index in [4.69, 9.17) is 5.73 Å². The van der Waals surface area contributed by atoms with Crippen molar-refractivity contribution in [2.24, 2.45) is 0 Å². The predicted octanol–water partition coefficient (Wildman–Crippen LogP) is 2.28. The summed E-state index contributed by atoms with van der Waals surface area (Å²) in [6, 6.07) is 9.41. The van der Waals surface area contributed by atoms with Gasteiger partial charge in [-0.3, -0.25) is 9.78 Å². The number of aromatic nitrogens is 1. The van der Waals surface area contributed by atoms with Crippen LogP contribution in [0.4, 0.5) is 5.69 Å². The number of unbranched alkanes of at least 4 members (excludes halogenated alkanes) is 1. The number of nitrogens with two attached hydrogens (primary N) is 1. The Morgan fingerprint density at radius 2 is 2.16 bits per heavy atom. The molecule has 4 nitrogen and oxygen atoms in total. The van der Waals surface area contributed by atoms with Crippen LogP contribution in [-0.2, 0) is 11.2 Å². The minimum Gasteiger partial charge on any atom is -0.399 e. The van der Waals surface area contributed by atoms with Gasteiger partial charge in [0.1, 0.15) is 0 Å². The molecule has 0 saturated carbocycles. The van der Waals surface area contributed by atoms with Crippen LogP contribution < -0.4 is 11.1 Å². The molecule has 1 amide bonds. The Morgan fingerprint density at radius 1 is 1.32 bits per heavy atom. The first kappa shape index (κ1) is 13.3. The number of amides is 1. The summed E-state index contributed by atoms with van der Waals surface area (Å²) in [6.07, 6.45) is 2.41. The van der Waals surface area contributed by atoms with E-state index < -0.39 is 0 Å². The third-order valence-electron chi connectivity index (χ3n) is 2.97.